The minimum atomic E-state index is -0.433. The van der Waals surface area contributed by atoms with Crippen LogP contribution in [0.25, 0.3) is 0 Å². The number of ether oxygens (including phenoxy) is 1. The van der Waals surface area contributed by atoms with Crippen molar-refractivity contribution in [3.63, 3.8) is 0 Å². The maximum absolute atomic E-state index is 12.0. The molecule has 1 aromatic rings. The van der Waals surface area contributed by atoms with E-state index in [4.69, 9.17) is 4.74 Å². The molecular weight excluding hydrogens is 266 g/mol. The Balaban J connectivity index is 1.86. The lowest BCUT2D eigenvalue weighted by atomic mass is 10.1. The van der Waals surface area contributed by atoms with Gasteiger partial charge in [0.15, 0.2) is 6.61 Å². The minimum absolute atomic E-state index is 0.0659. The van der Waals surface area contributed by atoms with E-state index in [1.54, 1.807) is 6.07 Å². The number of hydrogen-bond acceptors (Lipinski definition) is 3. The fourth-order valence-corrected chi connectivity index (χ4v) is 2.38. The molecule has 2 rings (SSSR count). The van der Waals surface area contributed by atoms with Crippen LogP contribution >= 0.6 is 0 Å². The lowest BCUT2D eigenvalue weighted by Gasteiger charge is -2.17. The Morgan fingerprint density at radius 3 is 2.62 bits per heavy atom. The van der Waals surface area contributed by atoms with Crippen LogP contribution in [-0.2, 0) is 22.4 Å². The Morgan fingerprint density at radius 2 is 1.90 bits per heavy atom. The Hall–Kier alpha value is -1.84. The van der Waals surface area contributed by atoms with Crippen molar-refractivity contribution in [2.75, 3.05) is 6.61 Å². The lowest BCUT2D eigenvalue weighted by Crippen LogP contribution is -2.38. The predicted molar refractivity (Wildman–Crippen MR) is 81.2 cm³/mol. The van der Waals surface area contributed by atoms with Crippen molar-refractivity contribution in [3.8, 4) is 0 Å². The lowest BCUT2D eigenvalue weighted by molar-refractivity contribution is -0.125. The first-order valence-corrected chi connectivity index (χ1v) is 7.55. The largest absolute Gasteiger partial charge is 0.452 e. The van der Waals surface area contributed by atoms with Gasteiger partial charge in [0.2, 0.25) is 0 Å². The molecule has 0 unspecified atom stereocenters. The monoisotopic (exact) mass is 289 g/mol. The molecular formula is C17H23NO3. The highest BCUT2D eigenvalue weighted by atomic mass is 16.5. The topological polar surface area (TPSA) is 55.4 Å². The highest BCUT2D eigenvalue weighted by molar-refractivity contribution is 5.91. The van der Waals surface area contributed by atoms with Gasteiger partial charge in [-0.2, -0.15) is 0 Å². The van der Waals surface area contributed by atoms with Gasteiger partial charge < -0.3 is 10.1 Å². The van der Waals surface area contributed by atoms with E-state index < -0.39 is 5.97 Å². The van der Waals surface area contributed by atoms with Crippen molar-refractivity contribution in [1.29, 1.82) is 0 Å². The molecule has 114 valence electrons. The van der Waals surface area contributed by atoms with Crippen LogP contribution in [0.1, 0.15) is 48.7 Å². The highest BCUT2D eigenvalue weighted by Gasteiger charge is 2.16. The van der Waals surface area contributed by atoms with Crippen molar-refractivity contribution in [1.82, 2.24) is 5.32 Å². The Morgan fingerprint density at radius 1 is 1.19 bits per heavy atom. The maximum Gasteiger partial charge on any atom is 0.338 e. The summed E-state index contributed by atoms with van der Waals surface area (Å²) in [6, 6.07) is 5.72. The molecule has 0 saturated heterocycles. The molecule has 1 aromatic carbocycles. The summed E-state index contributed by atoms with van der Waals surface area (Å²) in [6.07, 6.45) is 3.24. The van der Waals surface area contributed by atoms with Crippen LogP contribution in [-0.4, -0.2) is 24.5 Å². The summed E-state index contributed by atoms with van der Waals surface area (Å²) in [4.78, 5) is 23.7. The predicted octanol–water partition coefficient (Wildman–Crippen LogP) is 2.49. The number of esters is 1. The van der Waals surface area contributed by atoms with E-state index in [9.17, 15) is 9.59 Å². The van der Waals surface area contributed by atoms with Gasteiger partial charge in [-0.05, 0) is 55.4 Å². The zero-order valence-corrected chi connectivity index (χ0v) is 12.9. The third kappa shape index (κ3) is 4.06. The first-order chi connectivity index (χ1) is 9.97. The van der Waals surface area contributed by atoms with E-state index in [-0.39, 0.29) is 18.6 Å². The number of rotatable bonds is 5. The molecule has 1 aliphatic rings. The van der Waals surface area contributed by atoms with Crippen molar-refractivity contribution in [2.24, 2.45) is 5.92 Å². The van der Waals surface area contributed by atoms with Crippen molar-refractivity contribution >= 4 is 11.9 Å². The van der Waals surface area contributed by atoms with E-state index in [1.165, 1.54) is 11.1 Å². The summed E-state index contributed by atoms with van der Waals surface area (Å²) in [5.74, 6) is -0.343. The number of fused-ring (bicyclic) bond motifs is 1. The molecule has 0 saturated carbocycles. The van der Waals surface area contributed by atoms with Gasteiger partial charge in [-0.25, -0.2) is 4.79 Å². The second-order valence-electron chi connectivity index (χ2n) is 6.01. The molecule has 4 heteroatoms. The molecule has 0 bridgehead atoms. The average molecular weight is 289 g/mol. The summed E-state index contributed by atoms with van der Waals surface area (Å²) in [5.41, 5.74) is 3.07. The summed E-state index contributed by atoms with van der Waals surface area (Å²) >= 11 is 0. The molecule has 1 aliphatic carbocycles. The molecule has 0 radical (unpaired) electrons. The van der Waals surface area contributed by atoms with Crippen molar-refractivity contribution in [2.45, 2.75) is 46.1 Å². The minimum Gasteiger partial charge on any atom is -0.452 e. The Labute approximate surface area is 125 Å². The number of carbonyl (C=O) groups excluding carboxylic acids is 2. The number of amides is 1. The van der Waals surface area contributed by atoms with Crippen LogP contribution in [0.4, 0.5) is 0 Å². The Bertz CT molecular complexity index is 537. The van der Waals surface area contributed by atoms with Gasteiger partial charge in [-0.15, -0.1) is 0 Å². The Kier molecular flexibility index (Phi) is 4.99. The zero-order valence-electron chi connectivity index (χ0n) is 12.9. The standard InChI is InChI=1S/C17H23NO3/c1-11(2)12(3)18-16(19)10-21-17(20)15-8-7-13-5-4-6-14(13)9-15/h7-9,11-12H,4-6,10H2,1-3H3,(H,18,19)/t12-/m1/s1. The fourth-order valence-electron chi connectivity index (χ4n) is 2.38. The van der Waals surface area contributed by atoms with Gasteiger partial charge >= 0.3 is 5.97 Å². The molecule has 1 atom stereocenters. The molecule has 1 amide bonds. The molecule has 4 nitrogen and oxygen atoms in total. The molecule has 0 aliphatic heterocycles. The normalized spacial score (nSPS) is 14.7. The van der Waals surface area contributed by atoms with Crippen LogP contribution in [0.5, 0.6) is 0 Å². The SMILES string of the molecule is CC(C)[C@@H](C)NC(=O)COC(=O)c1ccc2c(c1)CCC2. The summed E-state index contributed by atoms with van der Waals surface area (Å²) in [6.45, 7) is 5.76. The van der Waals surface area contributed by atoms with E-state index in [1.807, 2.05) is 32.9 Å². The fraction of sp³-hybridized carbons (Fsp3) is 0.529. The quantitative estimate of drug-likeness (QED) is 0.847. The van der Waals surface area contributed by atoms with Crippen LogP contribution in [0.15, 0.2) is 18.2 Å². The molecule has 0 aromatic heterocycles. The highest BCUT2D eigenvalue weighted by Crippen LogP contribution is 2.23. The van der Waals surface area contributed by atoms with Gasteiger partial charge in [0, 0.05) is 6.04 Å². The van der Waals surface area contributed by atoms with Crippen LogP contribution < -0.4 is 5.32 Å². The van der Waals surface area contributed by atoms with Gasteiger partial charge in [-0.1, -0.05) is 19.9 Å². The third-order valence-corrected chi connectivity index (χ3v) is 4.06. The summed E-state index contributed by atoms with van der Waals surface area (Å²) in [5, 5.41) is 2.81. The van der Waals surface area contributed by atoms with Gasteiger partial charge in [0.25, 0.3) is 5.91 Å². The van der Waals surface area contributed by atoms with E-state index in [2.05, 4.69) is 5.32 Å². The van der Waals surface area contributed by atoms with Gasteiger partial charge in [0.05, 0.1) is 5.56 Å². The molecule has 1 N–H and O–H groups in total. The number of carbonyl (C=O) groups is 2. The van der Waals surface area contributed by atoms with Crippen LogP contribution in [0, 0.1) is 5.92 Å². The molecule has 0 fully saturated rings. The van der Waals surface area contributed by atoms with E-state index in [0.29, 0.717) is 11.5 Å². The van der Waals surface area contributed by atoms with Crippen LogP contribution in [0.3, 0.4) is 0 Å². The number of nitrogens with one attached hydrogen (secondary N) is 1. The number of aryl methyl sites for hydroxylation is 2. The van der Waals surface area contributed by atoms with Gasteiger partial charge in [-0.3, -0.25) is 4.79 Å². The second-order valence-corrected chi connectivity index (χ2v) is 6.01. The maximum atomic E-state index is 12.0. The van der Waals surface area contributed by atoms with Crippen LogP contribution in [0.2, 0.25) is 0 Å². The average Bonchev–Trinajstić information content (AvgIpc) is 2.91. The molecule has 0 heterocycles. The zero-order chi connectivity index (χ0) is 15.4. The van der Waals surface area contributed by atoms with Crippen molar-refractivity contribution in [3.05, 3.63) is 34.9 Å². The van der Waals surface area contributed by atoms with Crippen molar-refractivity contribution < 1.29 is 14.3 Å². The first kappa shape index (κ1) is 15.5. The second kappa shape index (κ2) is 6.74. The first-order valence-electron chi connectivity index (χ1n) is 7.55. The molecule has 21 heavy (non-hydrogen) atoms. The number of benzene rings is 1. The third-order valence-electron chi connectivity index (χ3n) is 4.06. The number of hydrogen-bond donors (Lipinski definition) is 1. The molecule has 0 spiro atoms. The van der Waals surface area contributed by atoms with Gasteiger partial charge in [0.1, 0.15) is 0 Å². The van der Waals surface area contributed by atoms with E-state index >= 15 is 0 Å². The smallest absolute Gasteiger partial charge is 0.338 e. The summed E-state index contributed by atoms with van der Waals surface area (Å²) in [7, 11) is 0. The van der Waals surface area contributed by atoms with E-state index in [0.717, 1.165) is 19.3 Å². The summed E-state index contributed by atoms with van der Waals surface area (Å²) < 4.78 is 5.08.